The lowest BCUT2D eigenvalue weighted by atomic mass is 10.0. The normalized spacial score (nSPS) is 20.1. The maximum absolute atomic E-state index is 13.6. The molecule has 9 heteroatoms. The van der Waals surface area contributed by atoms with Gasteiger partial charge >= 0.3 is 6.18 Å². The van der Waals surface area contributed by atoms with Crippen LogP contribution in [0.1, 0.15) is 17.5 Å². The number of halogens is 3. The first-order valence-electron chi connectivity index (χ1n) is 10.6. The third-order valence-electron chi connectivity index (χ3n) is 5.81. The number of fused-ring (bicyclic) bond motifs is 2. The van der Waals surface area contributed by atoms with Crippen molar-refractivity contribution >= 4 is 27.6 Å². The Bertz CT molecular complexity index is 1360. The van der Waals surface area contributed by atoms with Gasteiger partial charge in [-0.3, -0.25) is 10.7 Å². The number of amidine groups is 1. The SMILES string of the molecule is NC1(CCc2c[nH]c3ccccc23)NC(C(F)(F)F)=CC(=NCc2ccc3[nH]ccc3c2)N1. The van der Waals surface area contributed by atoms with Crippen LogP contribution in [0.3, 0.4) is 0 Å². The fourth-order valence-electron chi connectivity index (χ4n) is 4.12. The number of para-hydroxylation sites is 1. The molecule has 2 aromatic heterocycles. The van der Waals surface area contributed by atoms with Crippen molar-refractivity contribution in [2.45, 2.75) is 31.3 Å². The fraction of sp³-hybridized carbons (Fsp3) is 0.208. The lowest BCUT2D eigenvalue weighted by molar-refractivity contribution is -0.101. The van der Waals surface area contributed by atoms with E-state index in [9.17, 15) is 13.2 Å². The molecule has 2 aromatic carbocycles. The number of benzene rings is 2. The molecule has 1 unspecified atom stereocenters. The summed E-state index contributed by atoms with van der Waals surface area (Å²) in [5.74, 6) is -1.40. The number of H-pyrrole nitrogens is 2. The highest BCUT2D eigenvalue weighted by atomic mass is 19.4. The maximum Gasteiger partial charge on any atom is 0.431 e. The number of nitrogens with one attached hydrogen (secondary N) is 4. The van der Waals surface area contributed by atoms with Crippen LogP contribution in [0, 0.1) is 0 Å². The molecule has 0 fully saturated rings. The second-order valence-electron chi connectivity index (χ2n) is 8.24. The summed E-state index contributed by atoms with van der Waals surface area (Å²) < 4.78 is 40.8. The maximum atomic E-state index is 13.6. The Kier molecular flexibility index (Phi) is 5.13. The lowest BCUT2D eigenvalue weighted by Crippen LogP contribution is -2.68. The van der Waals surface area contributed by atoms with Crippen molar-refractivity contribution in [3.63, 3.8) is 0 Å². The zero-order valence-electron chi connectivity index (χ0n) is 17.6. The molecule has 6 nitrogen and oxygen atoms in total. The molecule has 0 amide bonds. The van der Waals surface area contributed by atoms with Gasteiger partial charge < -0.3 is 20.6 Å². The van der Waals surface area contributed by atoms with Crippen LogP contribution >= 0.6 is 0 Å². The van der Waals surface area contributed by atoms with E-state index in [-0.39, 0.29) is 18.8 Å². The van der Waals surface area contributed by atoms with E-state index < -0.39 is 17.7 Å². The number of nitrogens with zero attached hydrogens (tertiary/aromatic N) is 1. The number of aromatic nitrogens is 2. The molecule has 33 heavy (non-hydrogen) atoms. The van der Waals surface area contributed by atoms with Crippen LogP contribution in [0.15, 0.2) is 77.7 Å². The molecule has 0 bridgehead atoms. The number of hydrogen-bond donors (Lipinski definition) is 5. The molecule has 4 aromatic rings. The fourth-order valence-corrected chi connectivity index (χ4v) is 4.12. The van der Waals surface area contributed by atoms with E-state index in [1.165, 1.54) is 0 Å². The monoisotopic (exact) mass is 452 g/mol. The van der Waals surface area contributed by atoms with Crippen molar-refractivity contribution in [2.24, 2.45) is 10.7 Å². The molecular formula is C24H23F3N6. The summed E-state index contributed by atoms with van der Waals surface area (Å²) in [6.07, 6.45) is 0.788. The first-order valence-corrected chi connectivity index (χ1v) is 10.6. The standard InChI is InChI=1S/C24H23F3N6/c25-24(26,27)21-12-22(31-13-15-5-6-19-16(11-15)8-10-29-19)33-23(28,32-21)9-7-17-14-30-20-4-2-1-3-18(17)20/h1-6,8,10-12,14,29-30,32H,7,9,13,28H2,(H,31,33). The van der Waals surface area contributed by atoms with E-state index in [0.29, 0.717) is 6.42 Å². The molecule has 5 rings (SSSR count). The van der Waals surface area contributed by atoms with Crippen LogP contribution in [0.4, 0.5) is 13.2 Å². The van der Waals surface area contributed by atoms with Crippen molar-refractivity contribution < 1.29 is 13.2 Å². The van der Waals surface area contributed by atoms with Crippen LogP contribution in [-0.2, 0) is 13.0 Å². The van der Waals surface area contributed by atoms with Crippen molar-refractivity contribution in [1.82, 2.24) is 20.6 Å². The van der Waals surface area contributed by atoms with E-state index in [1.54, 1.807) is 0 Å². The van der Waals surface area contributed by atoms with Gasteiger partial charge in [-0.15, -0.1) is 0 Å². The van der Waals surface area contributed by atoms with Crippen LogP contribution in [0.2, 0.25) is 0 Å². The van der Waals surface area contributed by atoms with Gasteiger partial charge in [-0.2, -0.15) is 13.2 Å². The Balaban J connectivity index is 1.37. The number of alkyl halides is 3. The highest BCUT2D eigenvalue weighted by Crippen LogP contribution is 2.28. The summed E-state index contributed by atoms with van der Waals surface area (Å²) in [6.45, 7) is 0.226. The Hall–Kier alpha value is -3.72. The van der Waals surface area contributed by atoms with Gasteiger partial charge in [-0.05, 0) is 47.2 Å². The second-order valence-corrected chi connectivity index (χ2v) is 8.24. The Labute approximate surface area is 187 Å². The van der Waals surface area contributed by atoms with Crippen molar-refractivity contribution in [3.05, 3.63) is 83.8 Å². The number of allylic oxidation sites excluding steroid dienone is 1. The summed E-state index contributed by atoms with van der Waals surface area (Å²) in [7, 11) is 0. The summed E-state index contributed by atoms with van der Waals surface area (Å²) in [6, 6.07) is 15.5. The summed E-state index contributed by atoms with van der Waals surface area (Å²) in [5.41, 5.74) is 9.29. The average molecular weight is 452 g/mol. The lowest BCUT2D eigenvalue weighted by Gasteiger charge is -2.38. The Morgan fingerprint density at radius 1 is 0.970 bits per heavy atom. The van der Waals surface area contributed by atoms with E-state index in [4.69, 9.17) is 5.73 Å². The highest BCUT2D eigenvalue weighted by Gasteiger charge is 2.42. The molecule has 3 heterocycles. The van der Waals surface area contributed by atoms with Gasteiger partial charge in [0.05, 0.1) is 6.54 Å². The Morgan fingerprint density at radius 3 is 2.67 bits per heavy atom. The van der Waals surface area contributed by atoms with Gasteiger partial charge in [0.15, 0.2) is 5.79 Å². The van der Waals surface area contributed by atoms with E-state index in [0.717, 1.165) is 39.0 Å². The van der Waals surface area contributed by atoms with Crippen molar-refractivity contribution in [1.29, 1.82) is 0 Å². The summed E-state index contributed by atoms with van der Waals surface area (Å²) in [5, 5.41) is 7.45. The zero-order valence-corrected chi connectivity index (χ0v) is 17.6. The Morgan fingerprint density at radius 2 is 1.82 bits per heavy atom. The zero-order chi connectivity index (χ0) is 23.1. The topological polar surface area (TPSA) is 94.0 Å². The molecule has 6 N–H and O–H groups in total. The number of rotatable bonds is 5. The molecule has 1 atom stereocenters. The predicted molar refractivity (Wildman–Crippen MR) is 123 cm³/mol. The highest BCUT2D eigenvalue weighted by molar-refractivity contribution is 5.95. The third kappa shape index (κ3) is 4.45. The number of nitrogens with two attached hydrogens (primary N) is 1. The molecule has 0 aliphatic carbocycles. The molecular weight excluding hydrogens is 429 g/mol. The number of aromatic amines is 2. The van der Waals surface area contributed by atoms with Crippen LogP contribution < -0.4 is 16.4 Å². The first-order chi connectivity index (χ1) is 15.8. The molecule has 170 valence electrons. The van der Waals surface area contributed by atoms with Gasteiger partial charge in [-0.25, -0.2) is 0 Å². The minimum atomic E-state index is -4.57. The van der Waals surface area contributed by atoms with Gasteiger partial charge in [0.2, 0.25) is 0 Å². The van der Waals surface area contributed by atoms with Crippen molar-refractivity contribution in [3.8, 4) is 0 Å². The minimum absolute atomic E-state index is 0.0941. The molecule has 0 saturated carbocycles. The minimum Gasteiger partial charge on any atom is -0.361 e. The summed E-state index contributed by atoms with van der Waals surface area (Å²) >= 11 is 0. The molecule has 1 aliphatic heterocycles. The predicted octanol–water partition coefficient (Wildman–Crippen LogP) is 4.43. The largest absolute Gasteiger partial charge is 0.431 e. The third-order valence-corrected chi connectivity index (χ3v) is 5.81. The average Bonchev–Trinajstić information content (AvgIpc) is 3.42. The molecule has 0 radical (unpaired) electrons. The molecule has 1 aliphatic rings. The van der Waals surface area contributed by atoms with Gasteiger partial charge in [-0.1, -0.05) is 24.3 Å². The van der Waals surface area contributed by atoms with Crippen LogP contribution in [-0.4, -0.2) is 27.8 Å². The van der Waals surface area contributed by atoms with E-state index in [1.807, 2.05) is 60.9 Å². The second kappa shape index (κ2) is 8.00. The van der Waals surface area contributed by atoms with Crippen molar-refractivity contribution in [2.75, 3.05) is 0 Å². The summed E-state index contributed by atoms with van der Waals surface area (Å²) in [4.78, 5) is 10.7. The van der Waals surface area contributed by atoms with E-state index >= 15 is 0 Å². The van der Waals surface area contributed by atoms with Crippen LogP contribution in [0.5, 0.6) is 0 Å². The number of aliphatic imine (C=N–C) groups is 1. The molecule has 0 spiro atoms. The number of aryl methyl sites for hydroxylation is 1. The van der Waals surface area contributed by atoms with Crippen LogP contribution in [0.25, 0.3) is 21.8 Å². The molecule has 0 saturated heterocycles. The first kappa shape index (κ1) is 21.1. The number of hydrogen-bond acceptors (Lipinski definition) is 3. The van der Waals surface area contributed by atoms with Gasteiger partial charge in [0.25, 0.3) is 0 Å². The smallest absolute Gasteiger partial charge is 0.361 e. The van der Waals surface area contributed by atoms with Gasteiger partial charge in [0.1, 0.15) is 11.5 Å². The van der Waals surface area contributed by atoms with Gasteiger partial charge in [0, 0.05) is 41.3 Å². The van der Waals surface area contributed by atoms with E-state index in [2.05, 4.69) is 25.6 Å². The quantitative estimate of drug-likeness (QED) is 0.310.